The molecule has 110 valence electrons. The molecule has 0 saturated carbocycles. The highest BCUT2D eigenvalue weighted by Crippen LogP contribution is 2.18. The molecule has 0 bridgehead atoms. The smallest absolute Gasteiger partial charge is 0.150 e. The topological polar surface area (TPSA) is 78.0 Å². The molecule has 1 aromatic heterocycles. The van der Waals surface area contributed by atoms with Gasteiger partial charge in [-0.1, -0.05) is 13.8 Å². The summed E-state index contributed by atoms with van der Waals surface area (Å²) in [5.74, 6) is 0.424. The summed E-state index contributed by atoms with van der Waals surface area (Å²) >= 11 is 0. The number of hydrogen-bond acceptors (Lipinski definition) is 4. The summed E-state index contributed by atoms with van der Waals surface area (Å²) in [5, 5.41) is 4.46. The van der Waals surface area contributed by atoms with Crippen molar-refractivity contribution in [2.75, 3.05) is 11.5 Å². The standard InChI is InChI=1S/C13H25N3O2S/c1-4-11-10-13(16(5-2)15-11)12(14)8-7-9-19(17,18)6-3/h10,12H,4-9,14H2,1-3H3. The van der Waals surface area contributed by atoms with Crippen molar-refractivity contribution in [1.82, 2.24) is 9.78 Å². The number of nitrogens with two attached hydrogens (primary N) is 1. The molecule has 0 aliphatic rings. The Kier molecular flexibility index (Phi) is 6.00. The minimum Gasteiger partial charge on any atom is -0.323 e. The average molecular weight is 287 g/mol. The summed E-state index contributed by atoms with van der Waals surface area (Å²) in [4.78, 5) is 0. The minimum absolute atomic E-state index is 0.139. The van der Waals surface area contributed by atoms with Gasteiger partial charge in [0.15, 0.2) is 0 Å². The zero-order valence-electron chi connectivity index (χ0n) is 12.1. The molecule has 2 N–H and O–H groups in total. The van der Waals surface area contributed by atoms with E-state index < -0.39 is 9.84 Å². The molecule has 0 saturated heterocycles. The molecule has 1 aromatic rings. The van der Waals surface area contributed by atoms with Gasteiger partial charge in [-0.2, -0.15) is 5.10 Å². The fourth-order valence-electron chi connectivity index (χ4n) is 2.03. The SMILES string of the molecule is CCc1cc(C(N)CCCS(=O)(=O)CC)n(CC)n1. The highest BCUT2D eigenvalue weighted by Gasteiger charge is 2.15. The summed E-state index contributed by atoms with van der Waals surface area (Å²) < 4.78 is 24.8. The zero-order valence-corrected chi connectivity index (χ0v) is 12.9. The number of hydrogen-bond donors (Lipinski definition) is 1. The predicted molar refractivity (Wildman–Crippen MR) is 77.8 cm³/mol. The molecule has 0 aliphatic heterocycles. The molecule has 19 heavy (non-hydrogen) atoms. The third-order valence-electron chi connectivity index (χ3n) is 3.31. The van der Waals surface area contributed by atoms with Crippen LogP contribution in [0.15, 0.2) is 6.07 Å². The summed E-state index contributed by atoms with van der Waals surface area (Å²) in [6, 6.07) is 1.89. The van der Waals surface area contributed by atoms with Gasteiger partial charge in [0.1, 0.15) is 9.84 Å². The van der Waals surface area contributed by atoms with Crippen molar-refractivity contribution >= 4 is 9.84 Å². The van der Waals surface area contributed by atoms with Crippen LogP contribution in [0.5, 0.6) is 0 Å². The monoisotopic (exact) mass is 287 g/mol. The molecule has 0 fully saturated rings. The van der Waals surface area contributed by atoms with E-state index in [0.717, 1.165) is 24.4 Å². The number of rotatable bonds is 8. The van der Waals surface area contributed by atoms with Crippen LogP contribution in [0, 0.1) is 0 Å². The number of aryl methyl sites for hydroxylation is 2. The van der Waals surface area contributed by atoms with Crippen molar-refractivity contribution < 1.29 is 8.42 Å². The Morgan fingerprint density at radius 2 is 2.05 bits per heavy atom. The van der Waals surface area contributed by atoms with Gasteiger partial charge in [-0.15, -0.1) is 0 Å². The van der Waals surface area contributed by atoms with Gasteiger partial charge < -0.3 is 5.73 Å². The Morgan fingerprint density at radius 3 is 2.58 bits per heavy atom. The molecule has 0 aromatic carbocycles. The molecule has 6 heteroatoms. The maximum atomic E-state index is 11.4. The third-order valence-corrected chi connectivity index (χ3v) is 5.10. The molecule has 0 spiro atoms. The molecule has 0 aliphatic carbocycles. The Bertz CT molecular complexity index is 494. The Hall–Kier alpha value is -0.880. The Morgan fingerprint density at radius 1 is 1.37 bits per heavy atom. The van der Waals surface area contributed by atoms with Gasteiger partial charge in [0.25, 0.3) is 0 Å². The first-order valence-electron chi connectivity index (χ1n) is 6.96. The third kappa shape index (κ3) is 4.62. The van der Waals surface area contributed by atoms with E-state index in [1.165, 1.54) is 0 Å². The molecular weight excluding hydrogens is 262 g/mol. The predicted octanol–water partition coefficient (Wildman–Crippen LogP) is 1.68. The molecule has 1 unspecified atom stereocenters. The molecule has 0 radical (unpaired) electrons. The van der Waals surface area contributed by atoms with Crippen molar-refractivity contribution in [3.8, 4) is 0 Å². The van der Waals surface area contributed by atoms with Crippen LogP contribution < -0.4 is 5.73 Å². The average Bonchev–Trinajstić information content (AvgIpc) is 2.81. The first-order valence-corrected chi connectivity index (χ1v) is 8.78. The first-order chi connectivity index (χ1) is 8.93. The highest BCUT2D eigenvalue weighted by atomic mass is 32.2. The molecule has 1 heterocycles. The zero-order chi connectivity index (χ0) is 14.5. The molecular formula is C13H25N3O2S. The van der Waals surface area contributed by atoms with Gasteiger partial charge in [-0.05, 0) is 32.3 Å². The van der Waals surface area contributed by atoms with Crippen LogP contribution in [0.3, 0.4) is 0 Å². The van der Waals surface area contributed by atoms with Crippen LogP contribution in [0.2, 0.25) is 0 Å². The summed E-state index contributed by atoms with van der Waals surface area (Å²) in [5.41, 5.74) is 8.20. The van der Waals surface area contributed by atoms with E-state index in [0.29, 0.717) is 12.8 Å². The van der Waals surface area contributed by atoms with Crippen molar-refractivity contribution in [1.29, 1.82) is 0 Å². The normalized spacial score (nSPS) is 13.7. The van der Waals surface area contributed by atoms with E-state index in [1.54, 1.807) is 6.92 Å². The lowest BCUT2D eigenvalue weighted by Crippen LogP contribution is -2.17. The van der Waals surface area contributed by atoms with Gasteiger partial charge in [0.05, 0.1) is 17.1 Å². The maximum Gasteiger partial charge on any atom is 0.150 e. The van der Waals surface area contributed by atoms with Crippen molar-refractivity contribution in [2.24, 2.45) is 5.73 Å². The minimum atomic E-state index is -2.89. The second kappa shape index (κ2) is 7.05. The summed E-state index contributed by atoms with van der Waals surface area (Å²) in [7, 11) is -2.89. The van der Waals surface area contributed by atoms with Crippen molar-refractivity contribution in [2.45, 2.75) is 52.6 Å². The fraction of sp³-hybridized carbons (Fsp3) is 0.769. The summed E-state index contributed by atoms with van der Waals surface area (Å²) in [6.45, 7) is 6.56. The second-order valence-electron chi connectivity index (χ2n) is 4.71. The lowest BCUT2D eigenvalue weighted by Gasteiger charge is -2.13. The second-order valence-corrected chi connectivity index (χ2v) is 7.19. The lowest BCUT2D eigenvalue weighted by atomic mass is 10.1. The Labute approximate surface area is 116 Å². The molecule has 0 amide bonds. The number of sulfone groups is 1. The van der Waals surface area contributed by atoms with E-state index >= 15 is 0 Å². The van der Waals surface area contributed by atoms with Crippen LogP contribution in [0.1, 0.15) is 51.0 Å². The van der Waals surface area contributed by atoms with Gasteiger partial charge >= 0.3 is 0 Å². The van der Waals surface area contributed by atoms with Crippen LogP contribution >= 0.6 is 0 Å². The van der Waals surface area contributed by atoms with E-state index in [1.807, 2.05) is 17.7 Å². The fourth-order valence-corrected chi connectivity index (χ4v) is 2.92. The van der Waals surface area contributed by atoms with Gasteiger partial charge in [-0.25, -0.2) is 8.42 Å². The van der Waals surface area contributed by atoms with E-state index in [-0.39, 0.29) is 17.5 Å². The van der Waals surface area contributed by atoms with Gasteiger partial charge in [-0.3, -0.25) is 4.68 Å². The van der Waals surface area contributed by atoms with E-state index in [9.17, 15) is 8.42 Å². The van der Waals surface area contributed by atoms with Gasteiger partial charge in [0, 0.05) is 18.3 Å². The van der Waals surface area contributed by atoms with Crippen LogP contribution in [0.25, 0.3) is 0 Å². The Balaban J connectivity index is 2.63. The van der Waals surface area contributed by atoms with Crippen LogP contribution in [0.4, 0.5) is 0 Å². The van der Waals surface area contributed by atoms with Crippen LogP contribution in [-0.4, -0.2) is 29.7 Å². The quantitative estimate of drug-likeness (QED) is 0.789. The largest absolute Gasteiger partial charge is 0.323 e. The number of aromatic nitrogens is 2. The molecule has 5 nitrogen and oxygen atoms in total. The highest BCUT2D eigenvalue weighted by molar-refractivity contribution is 7.91. The number of nitrogens with zero attached hydrogens (tertiary/aromatic N) is 2. The van der Waals surface area contributed by atoms with Crippen molar-refractivity contribution in [3.05, 3.63) is 17.5 Å². The lowest BCUT2D eigenvalue weighted by molar-refractivity contribution is 0.536. The maximum absolute atomic E-state index is 11.4. The first kappa shape index (κ1) is 16.2. The van der Waals surface area contributed by atoms with Gasteiger partial charge in [0.2, 0.25) is 0 Å². The van der Waals surface area contributed by atoms with E-state index in [4.69, 9.17) is 5.73 Å². The molecule has 1 rings (SSSR count). The van der Waals surface area contributed by atoms with Crippen molar-refractivity contribution in [3.63, 3.8) is 0 Å². The summed E-state index contributed by atoms with van der Waals surface area (Å²) in [6.07, 6.45) is 2.17. The van der Waals surface area contributed by atoms with E-state index in [2.05, 4.69) is 12.0 Å². The molecule has 1 atom stereocenters. The van der Waals surface area contributed by atoms with Crippen LogP contribution in [-0.2, 0) is 22.8 Å².